The van der Waals surface area contributed by atoms with Gasteiger partial charge in [0.2, 0.25) is 0 Å². The number of benzene rings is 2. The Bertz CT molecular complexity index is 1070. The Kier molecular flexibility index (Phi) is 6.65. The molecule has 0 bridgehead atoms. The van der Waals surface area contributed by atoms with E-state index in [4.69, 9.17) is 21.4 Å². The molecule has 2 aromatic carbocycles. The average molecular weight is 442 g/mol. The lowest BCUT2D eigenvalue weighted by atomic mass is 9.87. The van der Waals surface area contributed by atoms with Crippen molar-refractivity contribution in [3.8, 4) is 16.9 Å². The van der Waals surface area contributed by atoms with Gasteiger partial charge < -0.3 is 9.84 Å². The molecule has 0 atom stereocenters. The summed E-state index contributed by atoms with van der Waals surface area (Å²) in [6, 6.07) is 14.0. The van der Waals surface area contributed by atoms with Crippen LogP contribution < -0.4 is 10.1 Å². The molecule has 0 unspecified atom stereocenters. The molecule has 1 heterocycles. The van der Waals surface area contributed by atoms with Gasteiger partial charge in [-0.1, -0.05) is 56.6 Å². The maximum Gasteiger partial charge on any atom is 0.418 e. The van der Waals surface area contributed by atoms with Crippen LogP contribution >= 0.6 is 11.6 Å². The summed E-state index contributed by atoms with van der Waals surface area (Å²) in [4.78, 5) is 23.2. The molecule has 0 aliphatic rings. The van der Waals surface area contributed by atoms with E-state index in [9.17, 15) is 9.59 Å². The molecule has 3 aromatic rings. The van der Waals surface area contributed by atoms with Crippen LogP contribution in [-0.4, -0.2) is 27.4 Å². The highest BCUT2D eigenvalue weighted by Gasteiger charge is 2.26. The topological polar surface area (TPSA) is 104 Å². The summed E-state index contributed by atoms with van der Waals surface area (Å²) in [5.41, 5.74) is 3.02. The number of H-pyrrole nitrogens is 1. The van der Waals surface area contributed by atoms with Crippen LogP contribution in [0, 0.1) is 0 Å². The third-order valence-electron chi connectivity index (χ3n) is 4.60. The molecular weight excluding hydrogens is 418 g/mol. The van der Waals surface area contributed by atoms with E-state index in [-0.39, 0.29) is 11.8 Å². The Morgan fingerprint density at radius 3 is 2.32 bits per heavy atom. The van der Waals surface area contributed by atoms with Crippen LogP contribution in [0.1, 0.15) is 38.4 Å². The molecule has 0 aliphatic heterocycles. The zero-order valence-electron chi connectivity index (χ0n) is 17.5. The van der Waals surface area contributed by atoms with E-state index in [0.717, 1.165) is 22.4 Å². The number of carboxylic acid groups (broad SMARTS) is 1. The van der Waals surface area contributed by atoms with Crippen molar-refractivity contribution >= 4 is 29.5 Å². The van der Waals surface area contributed by atoms with Crippen molar-refractivity contribution in [3.05, 3.63) is 64.8 Å². The number of halogens is 1. The summed E-state index contributed by atoms with van der Waals surface area (Å²) >= 11 is 5.86. The second kappa shape index (κ2) is 9.22. The number of aromatic amines is 1. The molecule has 31 heavy (non-hydrogen) atoms. The number of aromatic nitrogens is 2. The Labute approximate surface area is 185 Å². The van der Waals surface area contributed by atoms with Gasteiger partial charge in [-0.2, -0.15) is 5.10 Å². The Morgan fingerprint density at radius 1 is 1.10 bits per heavy atom. The number of aliphatic carboxylic acids is 1. The second-order valence-electron chi connectivity index (χ2n) is 8.13. The van der Waals surface area contributed by atoms with Crippen molar-refractivity contribution in [1.82, 2.24) is 10.2 Å². The fraction of sp³-hybridized carbons (Fsp3) is 0.261. The van der Waals surface area contributed by atoms with Crippen LogP contribution in [0.5, 0.6) is 5.75 Å². The zero-order chi connectivity index (χ0) is 22.6. The minimum atomic E-state index is -0.834. The number of carbonyl (C=O) groups is 2. The minimum Gasteiger partial charge on any atom is -0.481 e. The molecule has 1 amide bonds. The molecule has 7 nitrogen and oxygen atoms in total. The van der Waals surface area contributed by atoms with E-state index < -0.39 is 12.1 Å². The molecule has 0 saturated heterocycles. The summed E-state index contributed by atoms with van der Waals surface area (Å²) < 4.78 is 5.32. The van der Waals surface area contributed by atoms with Crippen LogP contribution in [0.4, 0.5) is 10.6 Å². The highest BCUT2D eigenvalue weighted by atomic mass is 35.5. The summed E-state index contributed by atoms with van der Waals surface area (Å²) in [5, 5.41) is 19.5. The number of anilines is 1. The molecular formula is C23H24ClN3O4. The number of carbonyl (C=O) groups excluding carboxylic acids is 1. The van der Waals surface area contributed by atoms with Gasteiger partial charge in [-0.15, -0.1) is 0 Å². The normalized spacial score (nSPS) is 11.2. The van der Waals surface area contributed by atoms with Gasteiger partial charge in [-0.05, 0) is 41.8 Å². The first-order valence-electron chi connectivity index (χ1n) is 9.78. The average Bonchev–Trinajstić information content (AvgIpc) is 3.12. The summed E-state index contributed by atoms with van der Waals surface area (Å²) in [7, 11) is 0. The summed E-state index contributed by atoms with van der Waals surface area (Å²) in [6.45, 7) is 6.09. The lowest BCUT2D eigenvalue weighted by Gasteiger charge is -2.18. The molecule has 0 saturated carbocycles. The third-order valence-corrected chi connectivity index (χ3v) is 4.85. The van der Waals surface area contributed by atoms with Crippen LogP contribution in [0.15, 0.2) is 48.5 Å². The predicted molar refractivity (Wildman–Crippen MR) is 120 cm³/mol. The molecule has 3 N–H and O–H groups in total. The summed E-state index contributed by atoms with van der Waals surface area (Å²) in [5.74, 6) is -0.0522. The highest BCUT2D eigenvalue weighted by molar-refractivity contribution is 6.30. The Balaban J connectivity index is 1.86. The second-order valence-corrected chi connectivity index (χ2v) is 8.57. The molecule has 0 spiro atoms. The van der Waals surface area contributed by atoms with Gasteiger partial charge in [0.15, 0.2) is 0 Å². The predicted octanol–water partition coefficient (Wildman–Crippen LogP) is 5.66. The number of carboxylic acids is 1. The van der Waals surface area contributed by atoms with Crippen molar-refractivity contribution in [3.63, 3.8) is 0 Å². The third kappa shape index (κ3) is 5.86. The van der Waals surface area contributed by atoms with Gasteiger partial charge in [-0.25, -0.2) is 4.79 Å². The molecule has 3 rings (SSSR count). The van der Waals surface area contributed by atoms with Gasteiger partial charge in [0.05, 0.1) is 5.69 Å². The number of rotatable bonds is 6. The smallest absolute Gasteiger partial charge is 0.418 e. The first-order valence-corrected chi connectivity index (χ1v) is 10.2. The Morgan fingerprint density at radius 2 is 1.74 bits per heavy atom. The first kappa shape index (κ1) is 22.4. The number of nitrogens with one attached hydrogen (secondary N) is 2. The lowest BCUT2D eigenvalue weighted by Crippen LogP contribution is -2.18. The zero-order valence-corrected chi connectivity index (χ0v) is 18.3. The van der Waals surface area contributed by atoms with Gasteiger partial charge in [0.25, 0.3) is 0 Å². The first-order chi connectivity index (χ1) is 14.6. The quantitative estimate of drug-likeness (QED) is 0.458. The standard InChI is InChI=1S/C23H24ClN3O4/c1-23(2,3)20-19(15-7-4-14(5-8-15)6-13-18(28)29)21(27-26-20)25-22(30)31-17-11-9-16(24)10-12-17/h4-5,7-12H,6,13H2,1-3H3,(H,28,29)(H2,25,26,27,30). The number of hydrogen-bond acceptors (Lipinski definition) is 4. The number of aryl methyl sites for hydroxylation is 1. The fourth-order valence-electron chi connectivity index (χ4n) is 3.08. The van der Waals surface area contributed by atoms with E-state index in [0.29, 0.717) is 23.0 Å². The monoisotopic (exact) mass is 441 g/mol. The van der Waals surface area contributed by atoms with E-state index in [1.54, 1.807) is 24.3 Å². The largest absolute Gasteiger partial charge is 0.481 e. The van der Waals surface area contributed by atoms with Crippen LogP contribution in [0.3, 0.4) is 0 Å². The molecule has 0 fully saturated rings. The highest BCUT2D eigenvalue weighted by Crippen LogP contribution is 2.36. The van der Waals surface area contributed by atoms with Crippen LogP contribution in [0.25, 0.3) is 11.1 Å². The number of nitrogens with zero attached hydrogens (tertiary/aromatic N) is 1. The van der Waals surface area contributed by atoms with E-state index in [1.807, 2.05) is 45.0 Å². The molecule has 1 aromatic heterocycles. The minimum absolute atomic E-state index is 0.0711. The maximum atomic E-state index is 12.4. The Hall–Kier alpha value is -3.32. The van der Waals surface area contributed by atoms with Gasteiger partial charge >= 0.3 is 12.1 Å². The summed E-state index contributed by atoms with van der Waals surface area (Å²) in [6.07, 6.45) is -0.140. The number of hydrogen-bond donors (Lipinski definition) is 3. The molecule has 0 radical (unpaired) electrons. The molecule has 0 aliphatic carbocycles. The molecule has 162 valence electrons. The van der Waals surface area contributed by atoms with Crippen molar-refractivity contribution in [1.29, 1.82) is 0 Å². The van der Waals surface area contributed by atoms with E-state index >= 15 is 0 Å². The fourth-order valence-corrected chi connectivity index (χ4v) is 3.21. The lowest BCUT2D eigenvalue weighted by molar-refractivity contribution is -0.136. The van der Waals surface area contributed by atoms with E-state index in [2.05, 4.69) is 15.5 Å². The molecule has 8 heteroatoms. The van der Waals surface area contributed by atoms with Crippen LogP contribution in [-0.2, 0) is 16.6 Å². The van der Waals surface area contributed by atoms with Crippen LogP contribution in [0.2, 0.25) is 5.02 Å². The number of ether oxygens (including phenoxy) is 1. The van der Waals surface area contributed by atoms with Gasteiger partial charge in [0, 0.05) is 22.4 Å². The van der Waals surface area contributed by atoms with Gasteiger partial charge in [-0.3, -0.25) is 15.2 Å². The SMILES string of the molecule is CC(C)(C)c1n[nH]c(NC(=O)Oc2ccc(Cl)cc2)c1-c1ccc(CCC(=O)O)cc1. The number of amides is 1. The van der Waals surface area contributed by atoms with E-state index in [1.165, 1.54) is 0 Å². The van der Waals surface area contributed by atoms with Crippen molar-refractivity contribution in [2.45, 2.75) is 39.0 Å². The van der Waals surface area contributed by atoms with Crippen molar-refractivity contribution in [2.24, 2.45) is 0 Å². The van der Waals surface area contributed by atoms with Crippen molar-refractivity contribution < 1.29 is 19.4 Å². The maximum absolute atomic E-state index is 12.4. The van der Waals surface area contributed by atoms with Crippen molar-refractivity contribution in [2.75, 3.05) is 5.32 Å². The van der Waals surface area contributed by atoms with Gasteiger partial charge in [0.1, 0.15) is 11.6 Å².